The second-order valence-electron chi connectivity index (χ2n) is 5.25. The molecule has 2 heterocycles. The molecule has 1 fully saturated rings. The first-order chi connectivity index (χ1) is 8.57. The van der Waals surface area contributed by atoms with Crippen molar-refractivity contribution in [2.24, 2.45) is 0 Å². The second-order valence-corrected chi connectivity index (χ2v) is 5.66. The summed E-state index contributed by atoms with van der Waals surface area (Å²) in [5.74, 6) is 0. The van der Waals surface area contributed by atoms with Gasteiger partial charge in [0.15, 0.2) is 0 Å². The molecule has 1 aromatic heterocycles. The molecule has 1 saturated heterocycles. The Balaban J connectivity index is 2.30. The minimum atomic E-state index is -0.826. The molecular formula is C13H22ClN3O. The Morgan fingerprint density at radius 2 is 2.22 bits per heavy atom. The average Bonchev–Trinajstić information content (AvgIpc) is 2.60. The van der Waals surface area contributed by atoms with Crippen LogP contribution in [0, 0.1) is 0 Å². The zero-order chi connectivity index (χ0) is 13.2. The molecule has 4 nitrogen and oxygen atoms in total. The van der Waals surface area contributed by atoms with E-state index >= 15 is 0 Å². The molecule has 2 rings (SSSR count). The fourth-order valence-corrected chi connectivity index (χ4v) is 3.01. The molecule has 0 aromatic carbocycles. The van der Waals surface area contributed by atoms with Crippen LogP contribution in [-0.4, -0.2) is 39.9 Å². The highest BCUT2D eigenvalue weighted by atomic mass is 35.5. The highest BCUT2D eigenvalue weighted by Crippen LogP contribution is 2.36. The van der Waals surface area contributed by atoms with Crippen LogP contribution >= 0.6 is 11.6 Å². The molecule has 1 aromatic rings. The Bertz CT molecular complexity index is 407. The van der Waals surface area contributed by atoms with E-state index in [9.17, 15) is 5.11 Å². The van der Waals surface area contributed by atoms with Crippen molar-refractivity contribution in [2.75, 3.05) is 20.1 Å². The van der Waals surface area contributed by atoms with Crippen molar-refractivity contribution in [3.8, 4) is 0 Å². The molecular weight excluding hydrogens is 250 g/mol. The van der Waals surface area contributed by atoms with Crippen LogP contribution in [0.3, 0.4) is 0 Å². The third-order valence-electron chi connectivity index (χ3n) is 3.71. The number of nitrogens with zero attached hydrogens (tertiary/aromatic N) is 3. The van der Waals surface area contributed by atoms with Gasteiger partial charge in [0, 0.05) is 13.1 Å². The van der Waals surface area contributed by atoms with E-state index in [-0.39, 0.29) is 0 Å². The third-order valence-corrected chi connectivity index (χ3v) is 3.98. The minimum absolute atomic E-state index is 0.593. The normalized spacial score (nSPS) is 26.2. The van der Waals surface area contributed by atoms with Gasteiger partial charge in [-0.25, -0.2) is 0 Å². The summed E-state index contributed by atoms with van der Waals surface area (Å²) in [4.78, 5) is 2.26. The van der Waals surface area contributed by atoms with Crippen molar-refractivity contribution >= 4 is 11.6 Å². The van der Waals surface area contributed by atoms with E-state index in [1.54, 1.807) is 6.20 Å². The van der Waals surface area contributed by atoms with Crippen molar-refractivity contribution in [3.63, 3.8) is 0 Å². The van der Waals surface area contributed by atoms with E-state index in [4.69, 9.17) is 11.6 Å². The van der Waals surface area contributed by atoms with Crippen LogP contribution in [-0.2, 0) is 12.1 Å². The lowest BCUT2D eigenvalue weighted by molar-refractivity contribution is 0.0130. The quantitative estimate of drug-likeness (QED) is 0.917. The van der Waals surface area contributed by atoms with E-state index in [1.807, 2.05) is 4.68 Å². The number of hydrogen-bond acceptors (Lipinski definition) is 3. The zero-order valence-electron chi connectivity index (χ0n) is 11.2. The Labute approximate surface area is 114 Å². The lowest BCUT2D eigenvalue weighted by atomic mass is 9.91. The number of aryl methyl sites for hydroxylation is 1. The molecule has 0 aliphatic carbocycles. The summed E-state index contributed by atoms with van der Waals surface area (Å²) in [5.41, 5.74) is -0.0191. The van der Waals surface area contributed by atoms with Crippen LogP contribution in [0.1, 0.15) is 38.3 Å². The summed E-state index contributed by atoms with van der Waals surface area (Å²) in [6.45, 7) is 4.83. The molecule has 0 spiro atoms. The SMILES string of the molecule is CCCn1ncc(Cl)c1C1(O)CCCN(C)CC1. The lowest BCUT2D eigenvalue weighted by Crippen LogP contribution is -2.31. The molecule has 1 aliphatic heterocycles. The second kappa shape index (κ2) is 5.59. The van der Waals surface area contributed by atoms with Crippen LogP contribution in [0.15, 0.2) is 6.20 Å². The maximum atomic E-state index is 10.9. The first-order valence-corrected chi connectivity index (χ1v) is 7.07. The van der Waals surface area contributed by atoms with Gasteiger partial charge >= 0.3 is 0 Å². The molecule has 1 atom stereocenters. The van der Waals surface area contributed by atoms with Gasteiger partial charge in [0.2, 0.25) is 0 Å². The Morgan fingerprint density at radius 3 is 2.94 bits per heavy atom. The van der Waals surface area contributed by atoms with Crippen LogP contribution in [0.25, 0.3) is 0 Å². The molecule has 1 N–H and O–H groups in total. The van der Waals surface area contributed by atoms with E-state index in [1.165, 1.54) is 0 Å². The number of likely N-dealkylation sites (tertiary alicyclic amines) is 1. The fourth-order valence-electron chi connectivity index (χ4n) is 2.70. The van der Waals surface area contributed by atoms with Gasteiger partial charge in [-0.2, -0.15) is 5.10 Å². The van der Waals surface area contributed by atoms with Crippen LogP contribution in [0.4, 0.5) is 0 Å². The summed E-state index contributed by atoms with van der Waals surface area (Å²) < 4.78 is 1.87. The first-order valence-electron chi connectivity index (χ1n) is 6.69. The Kier molecular flexibility index (Phi) is 4.30. The maximum absolute atomic E-state index is 10.9. The molecule has 1 unspecified atom stereocenters. The standard InChI is InChI=1S/C13H22ClN3O/c1-3-7-17-12(11(14)10-15-17)13(18)5-4-8-16(2)9-6-13/h10,18H,3-9H2,1-2H3. The lowest BCUT2D eigenvalue weighted by Gasteiger charge is -2.28. The Hall–Kier alpha value is -0.580. The van der Waals surface area contributed by atoms with Crippen molar-refractivity contribution in [1.82, 2.24) is 14.7 Å². The molecule has 0 radical (unpaired) electrons. The van der Waals surface area contributed by atoms with Crippen molar-refractivity contribution in [2.45, 2.75) is 44.8 Å². The van der Waals surface area contributed by atoms with Crippen LogP contribution in [0.5, 0.6) is 0 Å². The van der Waals surface area contributed by atoms with Gasteiger partial charge in [-0.1, -0.05) is 18.5 Å². The van der Waals surface area contributed by atoms with Gasteiger partial charge < -0.3 is 10.0 Å². The molecule has 1 aliphatic rings. The molecule has 0 bridgehead atoms. The molecule has 0 amide bonds. The first kappa shape index (κ1) is 13.8. The van der Waals surface area contributed by atoms with Gasteiger partial charge in [-0.3, -0.25) is 4.68 Å². The highest BCUT2D eigenvalue weighted by molar-refractivity contribution is 6.31. The fraction of sp³-hybridized carbons (Fsp3) is 0.769. The molecule has 5 heteroatoms. The van der Waals surface area contributed by atoms with Crippen molar-refractivity contribution in [1.29, 1.82) is 0 Å². The van der Waals surface area contributed by atoms with E-state index in [0.717, 1.165) is 51.0 Å². The number of rotatable bonds is 3. The highest BCUT2D eigenvalue weighted by Gasteiger charge is 2.36. The molecule has 0 saturated carbocycles. The number of aliphatic hydroxyl groups is 1. The minimum Gasteiger partial charge on any atom is -0.383 e. The largest absolute Gasteiger partial charge is 0.383 e. The summed E-state index contributed by atoms with van der Waals surface area (Å²) in [6, 6.07) is 0. The third kappa shape index (κ3) is 2.71. The van der Waals surface area contributed by atoms with Gasteiger partial charge in [-0.05, 0) is 39.3 Å². The summed E-state index contributed by atoms with van der Waals surface area (Å²) in [6.07, 6.45) is 5.10. The monoisotopic (exact) mass is 271 g/mol. The smallest absolute Gasteiger partial charge is 0.109 e. The summed E-state index contributed by atoms with van der Waals surface area (Å²) >= 11 is 6.24. The maximum Gasteiger partial charge on any atom is 0.109 e. The van der Waals surface area contributed by atoms with E-state index in [0.29, 0.717) is 5.02 Å². The molecule has 102 valence electrons. The zero-order valence-corrected chi connectivity index (χ0v) is 11.9. The van der Waals surface area contributed by atoms with Crippen molar-refractivity contribution in [3.05, 3.63) is 16.9 Å². The van der Waals surface area contributed by atoms with E-state index < -0.39 is 5.60 Å². The molecule has 18 heavy (non-hydrogen) atoms. The summed E-state index contributed by atoms with van der Waals surface area (Å²) in [7, 11) is 2.09. The van der Waals surface area contributed by atoms with Gasteiger partial charge in [-0.15, -0.1) is 0 Å². The Morgan fingerprint density at radius 1 is 1.44 bits per heavy atom. The van der Waals surface area contributed by atoms with E-state index in [2.05, 4.69) is 24.0 Å². The van der Waals surface area contributed by atoms with Gasteiger partial charge in [0.05, 0.1) is 16.9 Å². The predicted molar refractivity (Wildman–Crippen MR) is 72.8 cm³/mol. The number of aromatic nitrogens is 2. The summed E-state index contributed by atoms with van der Waals surface area (Å²) in [5, 5.41) is 15.8. The van der Waals surface area contributed by atoms with Gasteiger partial charge in [0.1, 0.15) is 5.60 Å². The topological polar surface area (TPSA) is 41.3 Å². The van der Waals surface area contributed by atoms with Crippen molar-refractivity contribution < 1.29 is 5.11 Å². The van der Waals surface area contributed by atoms with Gasteiger partial charge in [0.25, 0.3) is 0 Å². The average molecular weight is 272 g/mol. The number of halogens is 1. The van der Waals surface area contributed by atoms with Crippen LogP contribution in [0.2, 0.25) is 5.02 Å². The number of hydrogen-bond donors (Lipinski definition) is 1. The predicted octanol–water partition coefficient (Wildman–Crippen LogP) is 2.25. The van der Waals surface area contributed by atoms with Crippen LogP contribution < -0.4 is 0 Å².